The molecule has 0 aromatic carbocycles. The molecule has 0 aliphatic heterocycles. The van der Waals surface area contributed by atoms with E-state index < -0.39 is 0 Å². The number of aliphatic hydroxyl groups excluding tert-OH is 1. The zero-order valence-corrected chi connectivity index (χ0v) is 8.22. The van der Waals surface area contributed by atoms with Crippen molar-refractivity contribution in [3.05, 3.63) is 0 Å². The molecular weight excluding hydrogens is 207 g/mol. The van der Waals surface area contributed by atoms with Crippen LogP contribution in [0.4, 0.5) is 0 Å². The van der Waals surface area contributed by atoms with Gasteiger partial charge in [0.05, 0.1) is 39.6 Å². The number of rotatable bonds is 8. The van der Waals surface area contributed by atoms with Crippen LogP contribution in [0.3, 0.4) is 0 Å². The molecule has 5 heteroatoms. The molecule has 4 nitrogen and oxygen atoms in total. The first-order valence-corrected chi connectivity index (χ1v) is 3.67. The van der Waals surface area contributed by atoms with E-state index in [1.807, 2.05) is 0 Å². The molecular formula is C7H16NiO4. The van der Waals surface area contributed by atoms with Gasteiger partial charge in [0.15, 0.2) is 0 Å². The van der Waals surface area contributed by atoms with E-state index in [1.165, 1.54) is 0 Å². The Morgan fingerprint density at radius 3 is 1.92 bits per heavy atom. The van der Waals surface area contributed by atoms with Gasteiger partial charge in [-0.2, -0.15) is 0 Å². The third kappa shape index (κ3) is 13.0. The monoisotopic (exact) mass is 222 g/mol. The molecule has 0 heterocycles. The number of aliphatic hydroxyl groups is 1. The maximum atomic E-state index is 8.32. The molecule has 0 spiro atoms. The number of methoxy groups -OCH3 is 1. The fourth-order valence-electron chi connectivity index (χ4n) is 0.529. The molecule has 0 aliphatic rings. The van der Waals surface area contributed by atoms with Crippen LogP contribution >= 0.6 is 0 Å². The Labute approximate surface area is 83.1 Å². The van der Waals surface area contributed by atoms with Crippen LogP contribution in [0, 0.1) is 0 Å². The first-order valence-electron chi connectivity index (χ1n) is 3.67. The van der Waals surface area contributed by atoms with Gasteiger partial charge in [0.2, 0.25) is 0 Å². The van der Waals surface area contributed by atoms with E-state index in [0.717, 1.165) is 0 Å². The standard InChI is InChI=1S/C7H16O4.Ni/c1-9-4-5-11-7-6-10-3-2-8;/h8H,2-7H2,1H3;. The zero-order valence-electron chi connectivity index (χ0n) is 7.23. The van der Waals surface area contributed by atoms with E-state index >= 15 is 0 Å². The molecule has 0 atom stereocenters. The van der Waals surface area contributed by atoms with Crippen molar-refractivity contribution in [3.63, 3.8) is 0 Å². The Morgan fingerprint density at radius 1 is 0.917 bits per heavy atom. The Morgan fingerprint density at radius 2 is 1.42 bits per heavy atom. The van der Waals surface area contributed by atoms with E-state index in [1.54, 1.807) is 7.11 Å². The van der Waals surface area contributed by atoms with E-state index in [0.29, 0.717) is 33.0 Å². The SMILES string of the molecule is COCCOCCOCCO.[Ni]. The Kier molecular flexibility index (Phi) is 17.2. The average Bonchev–Trinajstić information content (AvgIpc) is 2.03. The first-order chi connectivity index (χ1) is 5.41. The summed E-state index contributed by atoms with van der Waals surface area (Å²) in [4.78, 5) is 0. The largest absolute Gasteiger partial charge is 0.394 e. The van der Waals surface area contributed by atoms with Gasteiger partial charge in [-0.25, -0.2) is 0 Å². The minimum Gasteiger partial charge on any atom is -0.394 e. The molecule has 78 valence electrons. The summed E-state index contributed by atoms with van der Waals surface area (Å²) in [6.07, 6.45) is 0. The summed E-state index contributed by atoms with van der Waals surface area (Å²) in [5.74, 6) is 0. The molecule has 0 aromatic heterocycles. The Balaban J connectivity index is 0. The van der Waals surface area contributed by atoms with Crippen LogP contribution in [0.2, 0.25) is 0 Å². The molecule has 0 saturated heterocycles. The molecule has 0 saturated carbocycles. The van der Waals surface area contributed by atoms with Gasteiger partial charge in [-0.1, -0.05) is 0 Å². The molecule has 0 bridgehead atoms. The van der Waals surface area contributed by atoms with Crippen LogP contribution < -0.4 is 0 Å². The van der Waals surface area contributed by atoms with Gasteiger partial charge in [-0.05, 0) is 0 Å². The van der Waals surface area contributed by atoms with Crippen LogP contribution in [0.15, 0.2) is 0 Å². The van der Waals surface area contributed by atoms with E-state index in [-0.39, 0.29) is 23.1 Å². The first kappa shape index (κ1) is 14.8. The third-order valence-corrected chi connectivity index (χ3v) is 1.04. The van der Waals surface area contributed by atoms with Crippen molar-refractivity contribution < 1.29 is 35.8 Å². The number of ether oxygens (including phenoxy) is 3. The summed E-state index contributed by atoms with van der Waals surface area (Å²) in [5.41, 5.74) is 0. The van der Waals surface area contributed by atoms with Gasteiger partial charge in [-0.15, -0.1) is 0 Å². The fourth-order valence-corrected chi connectivity index (χ4v) is 0.529. The van der Waals surface area contributed by atoms with Crippen molar-refractivity contribution >= 4 is 0 Å². The maximum Gasteiger partial charge on any atom is 0.0701 e. The molecule has 0 rings (SSSR count). The zero-order chi connectivity index (χ0) is 8.36. The van der Waals surface area contributed by atoms with Crippen LogP contribution in [0.1, 0.15) is 0 Å². The fraction of sp³-hybridized carbons (Fsp3) is 1.00. The van der Waals surface area contributed by atoms with Gasteiger partial charge >= 0.3 is 0 Å². The Bertz CT molecular complexity index is 64.4. The van der Waals surface area contributed by atoms with Crippen LogP contribution in [-0.4, -0.2) is 51.9 Å². The van der Waals surface area contributed by atoms with Crippen molar-refractivity contribution in [1.29, 1.82) is 0 Å². The van der Waals surface area contributed by atoms with E-state index in [2.05, 4.69) is 0 Å². The van der Waals surface area contributed by atoms with Gasteiger partial charge in [-0.3, -0.25) is 0 Å². The molecule has 0 fully saturated rings. The molecule has 1 N–H and O–H groups in total. The van der Waals surface area contributed by atoms with Crippen molar-refractivity contribution in [3.8, 4) is 0 Å². The number of hydrogen-bond acceptors (Lipinski definition) is 4. The van der Waals surface area contributed by atoms with Gasteiger partial charge < -0.3 is 19.3 Å². The summed E-state index contributed by atoms with van der Waals surface area (Å²) in [5, 5.41) is 8.32. The van der Waals surface area contributed by atoms with Gasteiger partial charge in [0.25, 0.3) is 0 Å². The second kappa shape index (κ2) is 13.9. The normalized spacial score (nSPS) is 9.50. The van der Waals surface area contributed by atoms with E-state index in [4.69, 9.17) is 19.3 Å². The molecule has 0 amide bonds. The van der Waals surface area contributed by atoms with Crippen LogP contribution in [0.25, 0.3) is 0 Å². The molecule has 0 unspecified atom stereocenters. The number of hydrogen-bond donors (Lipinski definition) is 1. The van der Waals surface area contributed by atoms with Crippen LogP contribution in [-0.2, 0) is 30.7 Å². The maximum absolute atomic E-state index is 8.32. The summed E-state index contributed by atoms with van der Waals surface area (Å²) in [7, 11) is 1.63. The topological polar surface area (TPSA) is 47.9 Å². The smallest absolute Gasteiger partial charge is 0.0701 e. The predicted molar refractivity (Wildman–Crippen MR) is 40.6 cm³/mol. The summed E-state index contributed by atoms with van der Waals surface area (Å²) in [6, 6.07) is 0. The third-order valence-electron chi connectivity index (χ3n) is 1.04. The second-order valence-corrected chi connectivity index (χ2v) is 1.94. The predicted octanol–water partition coefficient (Wildman–Crippen LogP) is -0.344. The Hall–Kier alpha value is 0.334. The minimum absolute atomic E-state index is 0. The van der Waals surface area contributed by atoms with Crippen molar-refractivity contribution in [2.75, 3.05) is 46.8 Å². The van der Waals surface area contributed by atoms with E-state index in [9.17, 15) is 0 Å². The second-order valence-electron chi connectivity index (χ2n) is 1.94. The minimum atomic E-state index is 0. The summed E-state index contributed by atoms with van der Waals surface area (Å²) < 4.78 is 14.8. The average molecular weight is 223 g/mol. The summed E-state index contributed by atoms with van der Waals surface area (Å²) in [6.45, 7) is 2.75. The quantitative estimate of drug-likeness (QED) is 0.451. The molecule has 0 aliphatic carbocycles. The van der Waals surface area contributed by atoms with Crippen molar-refractivity contribution in [1.82, 2.24) is 0 Å². The molecule has 12 heavy (non-hydrogen) atoms. The van der Waals surface area contributed by atoms with Crippen LogP contribution in [0.5, 0.6) is 0 Å². The molecule has 0 radical (unpaired) electrons. The van der Waals surface area contributed by atoms with Crippen molar-refractivity contribution in [2.45, 2.75) is 0 Å². The van der Waals surface area contributed by atoms with Gasteiger partial charge in [0.1, 0.15) is 0 Å². The summed E-state index contributed by atoms with van der Waals surface area (Å²) >= 11 is 0. The molecule has 0 aromatic rings. The van der Waals surface area contributed by atoms with Crippen molar-refractivity contribution in [2.24, 2.45) is 0 Å². The van der Waals surface area contributed by atoms with Gasteiger partial charge in [0, 0.05) is 23.6 Å².